The molecule has 1 N–H and O–H groups in total. The van der Waals surface area contributed by atoms with Gasteiger partial charge in [0.05, 0.1) is 24.3 Å². The van der Waals surface area contributed by atoms with Crippen LogP contribution in [-0.4, -0.2) is 27.7 Å². The Morgan fingerprint density at radius 3 is 2.96 bits per heavy atom. The number of nitrogens with zero attached hydrogens (tertiary/aromatic N) is 2. The van der Waals surface area contributed by atoms with Crippen LogP contribution < -0.4 is 15.2 Å². The van der Waals surface area contributed by atoms with Gasteiger partial charge in [-0.25, -0.2) is 4.79 Å². The number of aryl methyl sites for hydroxylation is 1. The average Bonchev–Trinajstić information content (AvgIpc) is 2.87. The molecule has 0 spiro atoms. The lowest BCUT2D eigenvalue weighted by Crippen LogP contribution is -2.39. The van der Waals surface area contributed by atoms with Gasteiger partial charge in [0.15, 0.2) is 0 Å². The fourth-order valence-corrected chi connectivity index (χ4v) is 3.25. The van der Waals surface area contributed by atoms with E-state index in [0.717, 1.165) is 40.9 Å². The van der Waals surface area contributed by atoms with Crippen LogP contribution in [0.1, 0.15) is 25.9 Å². The van der Waals surface area contributed by atoms with Crippen molar-refractivity contribution in [2.24, 2.45) is 0 Å². The molecule has 0 amide bonds. The van der Waals surface area contributed by atoms with Gasteiger partial charge < -0.3 is 14.5 Å². The van der Waals surface area contributed by atoms with E-state index in [2.05, 4.69) is 9.97 Å². The van der Waals surface area contributed by atoms with E-state index in [-0.39, 0.29) is 19.3 Å². The van der Waals surface area contributed by atoms with E-state index in [4.69, 9.17) is 9.47 Å². The molecule has 1 fully saturated rings. The number of methoxy groups -OCH3 is 1. The molecule has 3 aromatic rings. The van der Waals surface area contributed by atoms with Crippen LogP contribution >= 0.6 is 0 Å². The number of benzene rings is 1. The van der Waals surface area contributed by atoms with E-state index in [9.17, 15) is 4.79 Å². The Bertz CT molecular complexity index is 944. The van der Waals surface area contributed by atoms with Gasteiger partial charge in [-0.3, -0.25) is 9.55 Å². The number of imidazole rings is 1. The molecule has 0 radical (unpaired) electrons. The fraction of sp³-hybridized carbons (Fsp3) is 0.333. The number of aromatic nitrogens is 3. The summed E-state index contributed by atoms with van der Waals surface area (Å²) in [4.78, 5) is 19.1. The normalized spacial score (nSPS) is 19.9. The van der Waals surface area contributed by atoms with Crippen LogP contribution in [0.2, 0.25) is 0 Å². The lowest BCUT2D eigenvalue weighted by molar-refractivity contribution is 0.0705. The maximum atomic E-state index is 12.2. The van der Waals surface area contributed by atoms with Crippen LogP contribution in [-0.2, 0) is 0 Å². The van der Waals surface area contributed by atoms with Crippen molar-refractivity contribution >= 4 is 11.0 Å². The van der Waals surface area contributed by atoms with Crippen molar-refractivity contribution in [3.8, 4) is 11.5 Å². The molecule has 1 aliphatic carbocycles. The van der Waals surface area contributed by atoms with Crippen molar-refractivity contribution in [2.75, 3.05) is 7.11 Å². The molecular formula is C18H21N3O3. The molecule has 0 unspecified atom stereocenters. The Morgan fingerprint density at radius 2 is 2.17 bits per heavy atom. The van der Waals surface area contributed by atoms with Crippen LogP contribution in [0.4, 0.5) is 0 Å². The number of H-pyrrole nitrogens is 1. The molecular weight excluding hydrogens is 306 g/mol. The molecule has 0 atom stereocenters. The van der Waals surface area contributed by atoms with Gasteiger partial charge in [0, 0.05) is 32.6 Å². The minimum atomic E-state index is -0.0848. The summed E-state index contributed by atoms with van der Waals surface area (Å²) in [5, 5.41) is 0. The maximum Gasteiger partial charge on any atom is 0.326 e. The summed E-state index contributed by atoms with van der Waals surface area (Å²) in [7, 11) is 1.66. The SMILES string of the molecule is COc1cc(OC2CC(n3c(=O)[nH]c4cnccc43)C2)ccc1C.[HH]. The second kappa shape index (κ2) is 5.70. The lowest BCUT2D eigenvalue weighted by Gasteiger charge is -2.36. The maximum absolute atomic E-state index is 12.2. The van der Waals surface area contributed by atoms with Gasteiger partial charge in [-0.05, 0) is 24.6 Å². The highest BCUT2D eigenvalue weighted by Gasteiger charge is 2.34. The quantitative estimate of drug-likeness (QED) is 0.799. The minimum absolute atomic E-state index is 0. The zero-order chi connectivity index (χ0) is 16.7. The van der Waals surface area contributed by atoms with E-state index >= 15 is 0 Å². The average molecular weight is 327 g/mol. The number of pyridine rings is 1. The largest absolute Gasteiger partial charge is 0.496 e. The molecule has 0 saturated heterocycles. The van der Waals surface area contributed by atoms with Crippen molar-refractivity contribution in [3.05, 3.63) is 52.7 Å². The Kier molecular flexibility index (Phi) is 3.52. The van der Waals surface area contributed by atoms with Crippen LogP contribution in [0.15, 0.2) is 41.5 Å². The first-order chi connectivity index (χ1) is 11.7. The Morgan fingerprint density at radius 1 is 1.33 bits per heavy atom. The summed E-state index contributed by atoms with van der Waals surface area (Å²) in [6.07, 6.45) is 5.12. The van der Waals surface area contributed by atoms with E-state index in [0.29, 0.717) is 0 Å². The number of ether oxygens (including phenoxy) is 2. The Balaban J connectivity index is 0.00000182. The van der Waals surface area contributed by atoms with Crippen molar-refractivity contribution in [3.63, 3.8) is 0 Å². The second-order valence-electron chi connectivity index (χ2n) is 6.19. The van der Waals surface area contributed by atoms with Gasteiger partial charge in [0.25, 0.3) is 0 Å². The summed E-state index contributed by atoms with van der Waals surface area (Å²) in [5.74, 6) is 1.63. The molecule has 1 saturated carbocycles. The van der Waals surface area contributed by atoms with Gasteiger partial charge >= 0.3 is 5.69 Å². The number of fused-ring (bicyclic) bond motifs is 1. The minimum Gasteiger partial charge on any atom is -0.496 e. The number of nitrogens with one attached hydrogen (secondary N) is 1. The monoisotopic (exact) mass is 327 g/mol. The summed E-state index contributed by atoms with van der Waals surface area (Å²) in [5.41, 5.74) is 2.67. The third-order valence-corrected chi connectivity index (χ3v) is 4.64. The number of hydrogen-bond donors (Lipinski definition) is 1. The smallest absolute Gasteiger partial charge is 0.326 e. The first-order valence-corrected chi connectivity index (χ1v) is 8.01. The zero-order valence-corrected chi connectivity index (χ0v) is 13.7. The first kappa shape index (κ1) is 14.8. The van der Waals surface area contributed by atoms with Crippen molar-refractivity contribution < 1.29 is 10.9 Å². The molecule has 24 heavy (non-hydrogen) atoms. The molecule has 2 heterocycles. The molecule has 1 aliphatic rings. The molecule has 1 aromatic carbocycles. The molecule has 6 nitrogen and oxygen atoms in total. The van der Waals surface area contributed by atoms with Gasteiger partial charge in [-0.2, -0.15) is 0 Å². The lowest BCUT2D eigenvalue weighted by atomic mass is 9.89. The van der Waals surface area contributed by atoms with E-state index in [1.807, 2.05) is 35.8 Å². The van der Waals surface area contributed by atoms with Gasteiger partial charge in [0.2, 0.25) is 0 Å². The van der Waals surface area contributed by atoms with Crippen molar-refractivity contribution in [2.45, 2.75) is 31.9 Å². The van der Waals surface area contributed by atoms with Gasteiger partial charge in [0.1, 0.15) is 17.6 Å². The predicted octanol–water partition coefficient (Wildman–Crippen LogP) is 3.07. The summed E-state index contributed by atoms with van der Waals surface area (Å²) in [6.45, 7) is 2.00. The highest BCUT2D eigenvalue weighted by molar-refractivity contribution is 5.73. The standard InChI is InChI=1S/C18H19N3O3.H2/c1-11-3-4-13(9-17(11)23-2)24-14-7-12(8-14)21-16-5-6-19-10-15(16)20-18(21)22;/h3-6,9-10,12,14H,7-8H2,1-2H3,(H,20,22);1H. The van der Waals surface area contributed by atoms with Crippen LogP contribution in [0.3, 0.4) is 0 Å². The number of rotatable bonds is 4. The van der Waals surface area contributed by atoms with Crippen LogP contribution in [0.5, 0.6) is 11.5 Å². The molecule has 2 aromatic heterocycles. The van der Waals surface area contributed by atoms with Gasteiger partial charge in [-0.1, -0.05) is 6.07 Å². The van der Waals surface area contributed by atoms with E-state index < -0.39 is 0 Å². The van der Waals surface area contributed by atoms with Crippen LogP contribution in [0.25, 0.3) is 11.0 Å². The first-order valence-electron chi connectivity index (χ1n) is 8.01. The third kappa shape index (κ3) is 2.44. The predicted molar refractivity (Wildman–Crippen MR) is 92.9 cm³/mol. The third-order valence-electron chi connectivity index (χ3n) is 4.64. The molecule has 0 bridgehead atoms. The fourth-order valence-electron chi connectivity index (χ4n) is 3.25. The van der Waals surface area contributed by atoms with E-state index in [1.54, 1.807) is 19.5 Å². The van der Waals surface area contributed by atoms with Crippen molar-refractivity contribution in [1.82, 2.24) is 14.5 Å². The van der Waals surface area contributed by atoms with Crippen molar-refractivity contribution in [1.29, 1.82) is 0 Å². The highest BCUT2D eigenvalue weighted by atomic mass is 16.5. The van der Waals surface area contributed by atoms with Crippen LogP contribution in [0, 0.1) is 6.92 Å². The molecule has 126 valence electrons. The number of hydrogen-bond acceptors (Lipinski definition) is 4. The topological polar surface area (TPSA) is 69.1 Å². The molecule has 0 aliphatic heterocycles. The summed E-state index contributed by atoms with van der Waals surface area (Å²) < 4.78 is 13.1. The highest BCUT2D eigenvalue weighted by Crippen LogP contribution is 2.36. The summed E-state index contributed by atoms with van der Waals surface area (Å²) >= 11 is 0. The Labute approximate surface area is 140 Å². The zero-order valence-electron chi connectivity index (χ0n) is 13.7. The molecule has 4 rings (SSSR count). The molecule has 6 heteroatoms. The summed E-state index contributed by atoms with van der Waals surface area (Å²) in [6, 6.07) is 7.88. The number of aromatic amines is 1. The Hall–Kier alpha value is -2.76. The van der Waals surface area contributed by atoms with Gasteiger partial charge in [-0.15, -0.1) is 0 Å². The second-order valence-corrected chi connectivity index (χ2v) is 6.19. The van der Waals surface area contributed by atoms with E-state index in [1.165, 1.54) is 0 Å².